The van der Waals surface area contributed by atoms with Crippen LogP contribution in [0.2, 0.25) is 5.02 Å². The lowest BCUT2D eigenvalue weighted by Gasteiger charge is -2.56. The Kier molecular flexibility index (Phi) is 5.24. The lowest BCUT2D eigenvalue weighted by atomic mass is 9.53. The van der Waals surface area contributed by atoms with Gasteiger partial charge in [-0.1, -0.05) is 23.7 Å². The van der Waals surface area contributed by atoms with Crippen LogP contribution in [0, 0.1) is 17.8 Å². The van der Waals surface area contributed by atoms with Crippen molar-refractivity contribution in [3.8, 4) is 0 Å². The maximum absolute atomic E-state index is 13.2. The SMILES string of the molecule is CN1CN(Cc2ccc(C(=O)NC34CC5CC(CC(C5)C3)C4)cc2)S(=O)(=O)c2cc(Cl)ccc21. The average Bonchev–Trinajstić information content (AvgIpc) is 2.77. The highest BCUT2D eigenvalue weighted by Gasteiger charge is 2.51. The summed E-state index contributed by atoms with van der Waals surface area (Å²) in [6.45, 7) is 0.487. The number of anilines is 1. The molecule has 1 N–H and O–H groups in total. The monoisotopic (exact) mass is 499 g/mol. The quantitative estimate of drug-likeness (QED) is 0.665. The van der Waals surface area contributed by atoms with Crippen molar-refractivity contribution >= 4 is 33.2 Å². The third kappa shape index (κ3) is 3.82. The largest absolute Gasteiger partial charge is 0.359 e. The molecule has 4 fully saturated rings. The highest BCUT2D eigenvalue weighted by molar-refractivity contribution is 7.89. The van der Waals surface area contributed by atoms with Crippen LogP contribution in [0.5, 0.6) is 0 Å². The molecule has 1 amide bonds. The molecular weight excluding hydrogens is 470 g/mol. The van der Waals surface area contributed by atoms with Gasteiger partial charge in [0.05, 0.1) is 12.4 Å². The summed E-state index contributed by atoms with van der Waals surface area (Å²) in [5.41, 5.74) is 2.10. The molecule has 2 aromatic rings. The summed E-state index contributed by atoms with van der Waals surface area (Å²) in [7, 11) is -1.80. The van der Waals surface area contributed by atoms with Gasteiger partial charge in [-0.25, -0.2) is 8.42 Å². The molecular formula is C26H30ClN3O3S. The second-order valence-corrected chi connectivity index (χ2v) is 13.3. The number of carbonyl (C=O) groups excluding carboxylic acids is 1. The Labute approximate surface area is 206 Å². The van der Waals surface area contributed by atoms with Gasteiger partial charge in [-0.2, -0.15) is 4.31 Å². The smallest absolute Gasteiger partial charge is 0.251 e. The Hall–Kier alpha value is -2.09. The molecule has 34 heavy (non-hydrogen) atoms. The first kappa shape index (κ1) is 22.4. The van der Waals surface area contributed by atoms with Crippen LogP contribution >= 0.6 is 11.6 Å². The van der Waals surface area contributed by atoms with E-state index in [-0.39, 0.29) is 29.6 Å². The van der Waals surface area contributed by atoms with E-state index >= 15 is 0 Å². The van der Waals surface area contributed by atoms with Gasteiger partial charge in [0.25, 0.3) is 5.91 Å². The summed E-state index contributed by atoms with van der Waals surface area (Å²) in [5.74, 6) is 2.32. The molecule has 6 nitrogen and oxygen atoms in total. The number of hydrogen-bond donors (Lipinski definition) is 1. The van der Waals surface area contributed by atoms with Gasteiger partial charge in [0.15, 0.2) is 0 Å². The number of fused-ring (bicyclic) bond motifs is 1. The number of rotatable bonds is 4. The van der Waals surface area contributed by atoms with E-state index in [0.717, 1.165) is 42.6 Å². The molecule has 0 unspecified atom stereocenters. The second kappa shape index (κ2) is 7.97. The summed E-state index contributed by atoms with van der Waals surface area (Å²) in [6.07, 6.45) is 7.39. The van der Waals surface area contributed by atoms with Crippen LogP contribution in [0.15, 0.2) is 47.4 Å². The minimum Gasteiger partial charge on any atom is -0.359 e. The highest BCUT2D eigenvalue weighted by atomic mass is 35.5. The Balaban J connectivity index is 1.17. The molecule has 4 saturated carbocycles. The standard InChI is InChI=1S/C26H30ClN3O3S/c1-29-16-30(34(32,33)24-11-22(27)6-7-23(24)29)15-17-2-4-21(5-3-17)25(31)28-26-12-18-8-19(13-26)10-20(9-18)14-26/h2-7,11,18-20H,8-10,12-16H2,1H3,(H,28,31). The number of halogens is 1. The van der Waals surface area contributed by atoms with Gasteiger partial charge in [-0.3, -0.25) is 4.79 Å². The van der Waals surface area contributed by atoms with Crippen LogP contribution in [0.25, 0.3) is 0 Å². The Bertz CT molecular complexity index is 1210. The van der Waals surface area contributed by atoms with Crippen molar-refractivity contribution < 1.29 is 13.2 Å². The van der Waals surface area contributed by atoms with Crippen molar-refractivity contribution in [3.63, 3.8) is 0 Å². The minimum absolute atomic E-state index is 0.0117. The van der Waals surface area contributed by atoms with Gasteiger partial charge in [0.1, 0.15) is 4.90 Å². The molecule has 1 aliphatic heterocycles. The average molecular weight is 500 g/mol. The predicted molar refractivity (Wildman–Crippen MR) is 132 cm³/mol. The van der Waals surface area contributed by atoms with E-state index in [1.165, 1.54) is 29.6 Å². The molecule has 0 radical (unpaired) electrons. The Morgan fingerprint density at radius 2 is 1.65 bits per heavy atom. The van der Waals surface area contributed by atoms with Crippen molar-refractivity contribution in [3.05, 3.63) is 58.6 Å². The molecule has 4 aliphatic carbocycles. The van der Waals surface area contributed by atoms with Crippen LogP contribution in [-0.4, -0.2) is 37.9 Å². The van der Waals surface area contributed by atoms with Crippen molar-refractivity contribution in [1.82, 2.24) is 9.62 Å². The normalized spacial score (nSPS) is 31.4. The van der Waals surface area contributed by atoms with Crippen LogP contribution in [0.4, 0.5) is 5.69 Å². The summed E-state index contributed by atoms with van der Waals surface area (Å²) in [4.78, 5) is 15.2. The Morgan fingerprint density at radius 1 is 1.03 bits per heavy atom. The zero-order valence-electron chi connectivity index (χ0n) is 19.3. The van der Waals surface area contributed by atoms with Gasteiger partial charge in [-0.15, -0.1) is 0 Å². The van der Waals surface area contributed by atoms with Crippen LogP contribution < -0.4 is 10.2 Å². The maximum atomic E-state index is 13.2. The summed E-state index contributed by atoms with van der Waals surface area (Å²) >= 11 is 6.08. The molecule has 4 bridgehead atoms. The zero-order chi connectivity index (χ0) is 23.7. The number of nitrogens with zero attached hydrogens (tertiary/aromatic N) is 2. The molecule has 8 heteroatoms. The molecule has 2 aromatic carbocycles. The molecule has 0 aromatic heterocycles. The molecule has 0 saturated heterocycles. The van der Waals surface area contributed by atoms with Crippen molar-refractivity contribution in [2.75, 3.05) is 18.6 Å². The highest BCUT2D eigenvalue weighted by Crippen LogP contribution is 2.55. The number of amides is 1. The van der Waals surface area contributed by atoms with Gasteiger partial charge in [-0.05, 0) is 92.2 Å². The first-order valence-electron chi connectivity index (χ1n) is 12.1. The number of hydrogen-bond acceptors (Lipinski definition) is 4. The van der Waals surface area contributed by atoms with Gasteiger partial charge in [0.2, 0.25) is 10.0 Å². The molecule has 0 atom stereocenters. The first-order chi connectivity index (χ1) is 16.2. The number of carbonyl (C=O) groups is 1. The van der Waals surface area contributed by atoms with E-state index in [4.69, 9.17) is 11.6 Å². The molecule has 7 rings (SSSR count). The second-order valence-electron chi connectivity index (χ2n) is 10.9. The maximum Gasteiger partial charge on any atom is 0.251 e. The van der Waals surface area contributed by atoms with E-state index in [1.54, 1.807) is 12.1 Å². The topological polar surface area (TPSA) is 69.7 Å². The lowest BCUT2D eigenvalue weighted by Crippen LogP contribution is -2.59. The third-order valence-corrected chi connectivity index (χ3v) is 10.4. The van der Waals surface area contributed by atoms with Crippen molar-refractivity contribution in [2.45, 2.75) is 55.5 Å². The van der Waals surface area contributed by atoms with Crippen LogP contribution in [0.3, 0.4) is 0 Å². The fourth-order valence-electron chi connectivity index (χ4n) is 7.21. The van der Waals surface area contributed by atoms with Gasteiger partial charge in [0, 0.05) is 29.7 Å². The first-order valence-corrected chi connectivity index (χ1v) is 13.9. The van der Waals surface area contributed by atoms with Crippen molar-refractivity contribution in [1.29, 1.82) is 0 Å². The molecule has 0 spiro atoms. The zero-order valence-corrected chi connectivity index (χ0v) is 20.9. The third-order valence-electron chi connectivity index (χ3n) is 8.31. The van der Waals surface area contributed by atoms with E-state index in [2.05, 4.69) is 5.32 Å². The number of sulfonamides is 1. The molecule has 5 aliphatic rings. The number of nitrogens with one attached hydrogen (secondary N) is 1. The summed E-state index contributed by atoms with van der Waals surface area (Å²) in [6, 6.07) is 12.3. The fraction of sp³-hybridized carbons (Fsp3) is 0.500. The minimum atomic E-state index is -3.67. The van der Waals surface area contributed by atoms with E-state index in [9.17, 15) is 13.2 Å². The van der Waals surface area contributed by atoms with E-state index in [1.807, 2.05) is 36.2 Å². The Morgan fingerprint density at radius 3 is 2.26 bits per heavy atom. The molecule has 1 heterocycles. The molecule has 180 valence electrons. The van der Waals surface area contributed by atoms with Crippen molar-refractivity contribution in [2.24, 2.45) is 17.8 Å². The summed E-state index contributed by atoms with van der Waals surface area (Å²) in [5, 5.41) is 3.81. The van der Waals surface area contributed by atoms with Gasteiger partial charge < -0.3 is 10.2 Å². The van der Waals surface area contributed by atoms with E-state index < -0.39 is 10.0 Å². The van der Waals surface area contributed by atoms with Crippen LogP contribution in [-0.2, 0) is 16.6 Å². The fourth-order valence-corrected chi connectivity index (χ4v) is 9.14. The van der Waals surface area contributed by atoms with Gasteiger partial charge >= 0.3 is 0 Å². The predicted octanol–water partition coefficient (Wildman–Crippen LogP) is 4.64. The van der Waals surface area contributed by atoms with E-state index in [0.29, 0.717) is 16.3 Å². The summed E-state index contributed by atoms with van der Waals surface area (Å²) < 4.78 is 27.9. The van der Waals surface area contributed by atoms with Crippen LogP contribution in [0.1, 0.15) is 54.4 Å². The lowest BCUT2D eigenvalue weighted by molar-refractivity contribution is -0.0167. The number of benzene rings is 2.